The average Bonchev–Trinajstić information content (AvgIpc) is 2.92. The van der Waals surface area contributed by atoms with Crippen LogP contribution in [0, 0.1) is 6.61 Å². The van der Waals surface area contributed by atoms with Gasteiger partial charge < -0.3 is 8.98 Å². The van der Waals surface area contributed by atoms with Gasteiger partial charge in [0.05, 0.1) is 5.75 Å². The average molecular weight is 431 g/mol. The molecule has 0 radical (unpaired) electrons. The van der Waals surface area contributed by atoms with Crippen molar-refractivity contribution in [3.05, 3.63) is 36.9 Å². The van der Waals surface area contributed by atoms with E-state index in [0.29, 0.717) is 0 Å². The summed E-state index contributed by atoms with van der Waals surface area (Å²) in [6.45, 7) is 8.53. The molecule has 1 aromatic rings. The third-order valence-corrected chi connectivity index (χ3v) is 5.66. The third-order valence-electron chi connectivity index (χ3n) is 2.92. The zero-order chi connectivity index (χ0) is 20.1. The molecule has 1 unspecified atom stereocenters. The van der Waals surface area contributed by atoms with E-state index in [-0.39, 0.29) is 0 Å². The fourth-order valence-electron chi connectivity index (χ4n) is 2.03. The minimum Gasteiger partial charge on any atom is -0.741 e. The maximum atomic E-state index is 10.7. The lowest BCUT2D eigenvalue weighted by Crippen LogP contribution is -2.44. The van der Waals surface area contributed by atoms with Gasteiger partial charge in [-0.15, -0.1) is 11.8 Å². The van der Waals surface area contributed by atoms with Crippen LogP contribution in [0.2, 0.25) is 19.6 Å². The molecule has 0 aromatic heterocycles. The predicted octanol–water partition coefficient (Wildman–Crippen LogP) is 4.35. The second-order valence-electron chi connectivity index (χ2n) is 6.45. The zero-order valence-electron chi connectivity index (χ0n) is 14.6. The Morgan fingerprint density at radius 2 is 1.85 bits per heavy atom. The summed E-state index contributed by atoms with van der Waals surface area (Å²) in [5, 5.41) is 0. The summed E-state index contributed by atoms with van der Waals surface area (Å²) in [4.78, 5) is 1.27. The predicted molar refractivity (Wildman–Crippen MR) is 94.7 cm³/mol. The standard InChI is InChI=1S/C14H21O2SSi.CHF3O3S/c1-18(2,3)16-14(10-7-11-15-14)12-17-13-8-5-4-6-9-13;2-1(3,4)8(5,6)7/h4-6,8-9,11H,7,10,12H2,1-3H3;(H,5,6,7)/q+1;/p-1. The van der Waals surface area contributed by atoms with Gasteiger partial charge in [-0.05, 0) is 31.8 Å². The first-order valence-electron chi connectivity index (χ1n) is 7.64. The second kappa shape index (κ2) is 8.98. The van der Waals surface area contributed by atoms with Crippen molar-refractivity contribution in [3.8, 4) is 0 Å². The molecule has 0 amide bonds. The highest BCUT2D eigenvalue weighted by Gasteiger charge is 2.46. The third kappa shape index (κ3) is 8.31. The van der Waals surface area contributed by atoms with E-state index in [1.54, 1.807) is 0 Å². The van der Waals surface area contributed by atoms with Gasteiger partial charge in [-0.25, -0.2) is 8.42 Å². The minimum atomic E-state index is -6.09. The molecule has 11 heteroatoms. The first kappa shape index (κ1) is 23.3. The highest BCUT2D eigenvalue weighted by atomic mass is 32.2. The fraction of sp³-hybridized carbons (Fsp3) is 0.533. The normalized spacial score (nSPS) is 20.9. The smallest absolute Gasteiger partial charge is 0.485 e. The molecule has 0 bridgehead atoms. The molecule has 148 valence electrons. The highest BCUT2D eigenvalue weighted by molar-refractivity contribution is 7.99. The van der Waals surface area contributed by atoms with Gasteiger partial charge >= 0.3 is 5.51 Å². The molecule has 1 heterocycles. The van der Waals surface area contributed by atoms with Crippen LogP contribution in [0.25, 0.3) is 0 Å². The summed E-state index contributed by atoms with van der Waals surface area (Å²) in [7, 11) is -7.68. The monoisotopic (exact) mass is 430 g/mol. The van der Waals surface area contributed by atoms with Gasteiger partial charge in [0.2, 0.25) is 12.4 Å². The van der Waals surface area contributed by atoms with Crippen LogP contribution in [-0.4, -0.2) is 38.3 Å². The molecule has 1 aromatic carbocycles. The van der Waals surface area contributed by atoms with E-state index in [9.17, 15) is 13.2 Å². The van der Waals surface area contributed by atoms with E-state index in [2.05, 4.69) is 43.9 Å². The zero-order valence-corrected chi connectivity index (χ0v) is 17.2. The summed E-state index contributed by atoms with van der Waals surface area (Å²) in [5.74, 6) is 0.461. The Labute approximate surface area is 157 Å². The van der Waals surface area contributed by atoms with E-state index in [4.69, 9.17) is 22.1 Å². The maximum Gasteiger partial charge on any atom is 0.485 e. The quantitative estimate of drug-likeness (QED) is 0.227. The van der Waals surface area contributed by atoms with E-state index in [0.717, 1.165) is 18.6 Å². The SMILES string of the molecule is C[Si](C)(C)OC1(CSc2ccccc2)CC[CH+]O1.O=S(=O)([O-])C(F)(F)F. The number of hydrogen-bond acceptors (Lipinski definition) is 6. The minimum absolute atomic E-state index is 0.398. The number of halogens is 3. The number of alkyl halides is 3. The molecular formula is C15H21F3O5S2Si. The molecule has 2 rings (SSSR count). The molecule has 1 aliphatic rings. The molecule has 1 saturated heterocycles. The summed E-state index contributed by atoms with van der Waals surface area (Å²) >= 11 is 1.81. The van der Waals surface area contributed by atoms with Crippen LogP contribution in [0.5, 0.6) is 0 Å². The lowest BCUT2D eigenvalue weighted by atomic mass is 10.2. The molecule has 0 spiro atoms. The van der Waals surface area contributed by atoms with Crippen LogP contribution in [0.4, 0.5) is 13.2 Å². The van der Waals surface area contributed by atoms with Crippen molar-refractivity contribution < 1.29 is 35.3 Å². The Morgan fingerprint density at radius 1 is 1.31 bits per heavy atom. The first-order chi connectivity index (χ1) is 11.7. The van der Waals surface area contributed by atoms with Crippen LogP contribution in [0.15, 0.2) is 35.2 Å². The van der Waals surface area contributed by atoms with Crippen LogP contribution in [0.3, 0.4) is 0 Å². The van der Waals surface area contributed by atoms with Crippen LogP contribution in [-0.2, 0) is 19.3 Å². The summed E-state index contributed by atoms with van der Waals surface area (Å²) in [6.07, 6.45) is 1.96. The van der Waals surface area contributed by atoms with Crippen molar-refractivity contribution in [1.82, 2.24) is 0 Å². The van der Waals surface area contributed by atoms with Gasteiger partial charge in [0.25, 0.3) is 0 Å². The Hall–Kier alpha value is -0.723. The highest BCUT2D eigenvalue weighted by Crippen LogP contribution is 2.37. The molecule has 26 heavy (non-hydrogen) atoms. The maximum absolute atomic E-state index is 10.7. The van der Waals surface area contributed by atoms with Gasteiger partial charge in [-0.3, -0.25) is 0 Å². The molecule has 0 aliphatic carbocycles. The first-order valence-corrected chi connectivity index (χ1v) is 13.4. The molecule has 0 saturated carbocycles. The van der Waals surface area contributed by atoms with Crippen molar-refractivity contribution in [2.24, 2.45) is 0 Å². The largest absolute Gasteiger partial charge is 0.741 e. The fourth-order valence-corrected chi connectivity index (χ4v) is 4.48. The molecule has 1 fully saturated rings. The van der Waals surface area contributed by atoms with E-state index >= 15 is 0 Å². The topological polar surface area (TPSA) is 75.7 Å². The van der Waals surface area contributed by atoms with Crippen molar-refractivity contribution in [2.75, 3.05) is 5.75 Å². The van der Waals surface area contributed by atoms with Crippen LogP contribution < -0.4 is 0 Å². The van der Waals surface area contributed by atoms with Crippen molar-refractivity contribution in [1.29, 1.82) is 0 Å². The lowest BCUT2D eigenvalue weighted by Gasteiger charge is -2.31. The number of thioether (sulfide) groups is 1. The Morgan fingerprint density at radius 3 is 2.23 bits per heavy atom. The molecular weight excluding hydrogens is 409 g/mol. The summed E-state index contributed by atoms with van der Waals surface area (Å²) in [5.41, 5.74) is -5.65. The lowest BCUT2D eigenvalue weighted by molar-refractivity contribution is -0.119. The molecule has 1 atom stereocenters. The van der Waals surface area contributed by atoms with E-state index < -0.39 is 29.7 Å². The second-order valence-corrected chi connectivity index (χ2v) is 13.3. The molecule has 0 N–H and O–H groups in total. The van der Waals surface area contributed by atoms with Gasteiger partial charge in [-0.1, -0.05) is 18.2 Å². The Bertz CT molecular complexity index is 654. The number of hydrogen-bond donors (Lipinski definition) is 0. The van der Waals surface area contributed by atoms with Crippen LogP contribution >= 0.6 is 11.8 Å². The van der Waals surface area contributed by atoms with Crippen molar-refractivity contribution in [2.45, 2.75) is 48.7 Å². The summed E-state index contributed by atoms with van der Waals surface area (Å²) < 4.78 is 71.0. The molecule has 1 aliphatic heterocycles. The van der Waals surface area contributed by atoms with Crippen LogP contribution in [0.1, 0.15) is 12.8 Å². The van der Waals surface area contributed by atoms with Crippen molar-refractivity contribution >= 4 is 30.2 Å². The Kier molecular flexibility index (Phi) is 8.05. The number of benzene rings is 1. The summed E-state index contributed by atoms with van der Waals surface area (Å²) in [6, 6.07) is 10.4. The van der Waals surface area contributed by atoms with Gasteiger partial charge in [-0.2, -0.15) is 17.9 Å². The van der Waals surface area contributed by atoms with E-state index in [1.165, 1.54) is 4.90 Å². The number of rotatable bonds is 5. The van der Waals surface area contributed by atoms with Gasteiger partial charge in [0.1, 0.15) is 6.42 Å². The Balaban J connectivity index is 0.000000359. The van der Waals surface area contributed by atoms with Gasteiger partial charge in [0, 0.05) is 11.3 Å². The number of ether oxygens (including phenoxy) is 1. The van der Waals surface area contributed by atoms with Gasteiger partial charge in [0.15, 0.2) is 18.4 Å². The molecule has 5 nitrogen and oxygen atoms in total. The van der Waals surface area contributed by atoms with Crippen molar-refractivity contribution in [3.63, 3.8) is 0 Å². The van der Waals surface area contributed by atoms with E-state index in [1.807, 2.05) is 24.4 Å².